The Labute approximate surface area is 225 Å². The second-order valence-corrected chi connectivity index (χ2v) is 8.43. The molecule has 3 rings (SSSR count). The highest BCUT2D eigenvalue weighted by molar-refractivity contribution is 6.32. The van der Waals surface area contributed by atoms with E-state index in [1.165, 1.54) is 55.8 Å². The molecular weight excluding hydrogens is 550 g/mol. The van der Waals surface area contributed by atoms with E-state index in [0.29, 0.717) is 30.2 Å². The van der Waals surface area contributed by atoms with Crippen LogP contribution in [0.1, 0.15) is 21.5 Å². The van der Waals surface area contributed by atoms with Crippen molar-refractivity contribution in [3.63, 3.8) is 0 Å². The number of hydrogen-bond donors (Lipinski definition) is 3. The molecule has 0 heterocycles. The Morgan fingerprint density at radius 2 is 1.82 bits per heavy atom. The van der Waals surface area contributed by atoms with E-state index >= 15 is 0 Å². The number of amides is 1. The molecule has 0 saturated heterocycles. The first-order chi connectivity index (χ1) is 18.1. The maximum atomic E-state index is 12.2. The predicted octanol–water partition coefficient (Wildman–Crippen LogP) is 5.54. The molecule has 0 unspecified atom stereocenters. The Morgan fingerprint density at radius 3 is 2.47 bits per heavy atom. The molecule has 0 radical (unpaired) electrons. The SMILES string of the molecule is COc1cc(/C=N/NC(=O)c2ccc(O)c(Cl)c2)cc(Cl)c1OCCNCc1ccc(OC(F)(F)F)cc1. The van der Waals surface area contributed by atoms with Crippen molar-refractivity contribution < 1.29 is 37.3 Å². The fourth-order valence-corrected chi connectivity index (χ4v) is 3.55. The molecule has 8 nitrogen and oxygen atoms in total. The van der Waals surface area contributed by atoms with Crippen molar-refractivity contribution in [3.05, 3.63) is 81.3 Å². The van der Waals surface area contributed by atoms with E-state index in [1.807, 2.05) is 0 Å². The summed E-state index contributed by atoms with van der Waals surface area (Å²) in [6.45, 7) is 1.04. The van der Waals surface area contributed by atoms with Crippen LogP contribution in [0.4, 0.5) is 13.2 Å². The summed E-state index contributed by atoms with van der Waals surface area (Å²) in [7, 11) is 1.44. The molecule has 0 atom stereocenters. The van der Waals surface area contributed by atoms with Gasteiger partial charge in [-0.25, -0.2) is 5.43 Å². The molecule has 38 heavy (non-hydrogen) atoms. The van der Waals surface area contributed by atoms with Crippen LogP contribution in [0.25, 0.3) is 0 Å². The van der Waals surface area contributed by atoms with E-state index < -0.39 is 12.3 Å². The van der Waals surface area contributed by atoms with E-state index in [4.69, 9.17) is 32.7 Å². The number of ether oxygens (including phenoxy) is 3. The monoisotopic (exact) mass is 571 g/mol. The summed E-state index contributed by atoms with van der Waals surface area (Å²) in [4.78, 5) is 12.2. The number of hydrazone groups is 1. The number of halogens is 5. The van der Waals surface area contributed by atoms with Crippen LogP contribution < -0.4 is 25.0 Å². The Morgan fingerprint density at radius 1 is 1.08 bits per heavy atom. The first-order valence-corrected chi connectivity index (χ1v) is 11.7. The highest BCUT2D eigenvalue weighted by Gasteiger charge is 2.30. The first kappa shape index (κ1) is 28.9. The van der Waals surface area contributed by atoms with Gasteiger partial charge in [0.05, 0.1) is 23.4 Å². The van der Waals surface area contributed by atoms with Crippen molar-refractivity contribution in [1.82, 2.24) is 10.7 Å². The van der Waals surface area contributed by atoms with Gasteiger partial charge in [-0.3, -0.25) is 4.79 Å². The predicted molar refractivity (Wildman–Crippen MR) is 137 cm³/mol. The Kier molecular flexibility index (Phi) is 10.1. The Bertz CT molecular complexity index is 1290. The number of phenols is 1. The highest BCUT2D eigenvalue weighted by atomic mass is 35.5. The van der Waals surface area contributed by atoms with Gasteiger partial charge < -0.3 is 24.6 Å². The van der Waals surface area contributed by atoms with Crippen molar-refractivity contribution >= 4 is 35.3 Å². The Balaban J connectivity index is 1.49. The summed E-state index contributed by atoms with van der Waals surface area (Å²) < 4.78 is 51.6. The van der Waals surface area contributed by atoms with Gasteiger partial charge in [-0.05, 0) is 53.6 Å². The number of methoxy groups -OCH3 is 1. The largest absolute Gasteiger partial charge is 0.573 e. The van der Waals surface area contributed by atoms with Crippen LogP contribution in [-0.4, -0.2) is 43.9 Å². The van der Waals surface area contributed by atoms with Gasteiger partial charge in [0.15, 0.2) is 11.5 Å². The van der Waals surface area contributed by atoms with E-state index in [1.54, 1.807) is 12.1 Å². The number of nitrogens with one attached hydrogen (secondary N) is 2. The Hall–Kier alpha value is -3.67. The summed E-state index contributed by atoms with van der Waals surface area (Å²) in [5, 5.41) is 16.7. The zero-order valence-corrected chi connectivity index (χ0v) is 21.3. The number of benzene rings is 3. The molecular formula is C25H22Cl2F3N3O5. The summed E-state index contributed by atoms with van der Waals surface area (Å²) in [5.74, 6) is -0.302. The van der Waals surface area contributed by atoms with Crippen molar-refractivity contribution in [2.45, 2.75) is 12.9 Å². The maximum Gasteiger partial charge on any atom is 0.573 e. The van der Waals surface area contributed by atoms with Crippen molar-refractivity contribution in [1.29, 1.82) is 0 Å². The second kappa shape index (κ2) is 13.2. The number of hydrogen-bond acceptors (Lipinski definition) is 7. The summed E-state index contributed by atoms with van der Waals surface area (Å²) in [6, 6.07) is 12.7. The standard InChI is InChI=1S/C25H22Cl2F3N3O5/c1-36-22-11-16(14-32-33-24(35)17-4-7-21(34)19(26)12-17)10-20(27)23(22)37-9-8-31-13-15-2-5-18(6-3-15)38-25(28,29)30/h2-7,10-12,14,31,34H,8-9,13H2,1H3,(H,33,35)/b32-14+. The molecule has 3 aromatic rings. The first-order valence-electron chi connectivity index (χ1n) is 10.9. The lowest BCUT2D eigenvalue weighted by Crippen LogP contribution is -2.21. The lowest BCUT2D eigenvalue weighted by Gasteiger charge is -2.14. The van der Waals surface area contributed by atoms with Crippen molar-refractivity contribution in [2.24, 2.45) is 5.10 Å². The normalized spacial score (nSPS) is 11.4. The second-order valence-electron chi connectivity index (χ2n) is 7.62. The molecule has 0 aromatic heterocycles. The van der Waals surface area contributed by atoms with Crippen LogP contribution in [0, 0.1) is 0 Å². The third-order valence-electron chi connectivity index (χ3n) is 4.85. The van der Waals surface area contributed by atoms with Crippen LogP contribution in [0.15, 0.2) is 59.7 Å². The summed E-state index contributed by atoms with van der Waals surface area (Å²) in [5.41, 5.74) is 3.85. The molecule has 1 amide bonds. The zero-order chi connectivity index (χ0) is 27.7. The average molecular weight is 572 g/mol. The van der Waals surface area contributed by atoms with Crippen molar-refractivity contribution in [3.8, 4) is 23.0 Å². The third kappa shape index (κ3) is 8.72. The van der Waals surface area contributed by atoms with E-state index in [-0.39, 0.29) is 33.7 Å². The van der Waals surface area contributed by atoms with E-state index in [0.717, 1.165) is 5.56 Å². The van der Waals surface area contributed by atoms with Gasteiger partial charge in [0.1, 0.15) is 18.1 Å². The number of alkyl halides is 3. The smallest absolute Gasteiger partial charge is 0.506 e. The molecule has 0 spiro atoms. The van der Waals surface area contributed by atoms with E-state index in [9.17, 15) is 23.1 Å². The maximum absolute atomic E-state index is 12.2. The average Bonchev–Trinajstić information content (AvgIpc) is 2.86. The fraction of sp³-hybridized carbons (Fsp3) is 0.200. The van der Waals surface area contributed by atoms with Gasteiger partial charge in [-0.2, -0.15) is 5.10 Å². The molecule has 0 saturated carbocycles. The third-order valence-corrected chi connectivity index (χ3v) is 5.44. The van der Waals surface area contributed by atoms with Gasteiger partial charge in [0.2, 0.25) is 0 Å². The van der Waals surface area contributed by atoms with Crippen LogP contribution in [0.5, 0.6) is 23.0 Å². The quantitative estimate of drug-likeness (QED) is 0.159. The van der Waals surface area contributed by atoms with Crippen LogP contribution >= 0.6 is 23.2 Å². The van der Waals surface area contributed by atoms with Gasteiger partial charge in [-0.1, -0.05) is 35.3 Å². The molecule has 202 valence electrons. The van der Waals surface area contributed by atoms with Gasteiger partial charge in [0.25, 0.3) is 5.91 Å². The molecule has 3 N–H and O–H groups in total. The van der Waals surface area contributed by atoms with Crippen molar-refractivity contribution in [2.75, 3.05) is 20.3 Å². The topological polar surface area (TPSA) is 101 Å². The highest BCUT2D eigenvalue weighted by Crippen LogP contribution is 2.36. The lowest BCUT2D eigenvalue weighted by atomic mass is 10.2. The molecule has 3 aromatic carbocycles. The summed E-state index contributed by atoms with van der Waals surface area (Å²) in [6.07, 6.45) is -3.37. The molecule has 0 aliphatic heterocycles. The molecule has 0 bridgehead atoms. The van der Waals surface area contributed by atoms with Gasteiger partial charge >= 0.3 is 6.36 Å². The van der Waals surface area contributed by atoms with Crippen LogP contribution in [0.2, 0.25) is 10.0 Å². The van der Waals surface area contributed by atoms with Gasteiger partial charge in [-0.15, -0.1) is 13.2 Å². The number of carbonyl (C=O) groups excluding carboxylic acids is 1. The fourth-order valence-electron chi connectivity index (χ4n) is 3.10. The zero-order valence-electron chi connectivity index (χ0n) is 19.8. The molecule has 0 aliphatic carbocycles. The lowest BCUT2D eigenvalue weighted by molar-refractivity contribution is -0.274. The number of carbonyl (C=O) groups is 1. The van der Waals surface area contributed by atoms with Crippen LogP contribution in [-0.2, 0) is 6.54 Å². The number of aromatic hydroxyl groups is 1. The minimum atomic E-state index is -4.73. The van der Waals surface area contributed by atoms with E-state index in [2.05, 4.69) is 20.6 Å². The molecule has 13 heteroatoms. The number of phenolic OH excluding ortho intramolecular Hbond substituents is 1. The van der Waals surface area contributed by atoms with Crippen LogP contribution in [0.3, 0.4) is 0 Å². The van der Waals surface area contributed by atoms with Gasteiger partial charge in [0, 0.05) is 18.7 Å². The summed E-state index contributed by atoms with van der Waals surface area (Å²) >= 11 is 12.2. The number of nitrogens with zero attached hydrogens (tertiary/aromatic N) is 1. The molecule has 0 aliphatic rings. The molecule has 0 fully saturated rings. The minimum absolute atomic E-state index is 0.0394. The number of rotatable bonds is 11. The minimum Gasteiger partial charge on any atom is -0.506 e.